The average molecular weight is 319 g/mol. The van der Waals surface area contributed by atoms with Gasteiger partial charge in [0.25, 0.3) is 0 Å². The van der Waals surface area contributed by atoms with E-state index < -0.39 is 0 Å². The fourth-order valence-electron chi connectivity index (χ4n) is 3.03. The van der Waals surface area contributed by atoms with Crippen LogP contribution in [0, 0.1) is 0 Å². The van der Waals surface area contributed by atoms with Crippen LogP contribution in [0.5, 0.6) is 0 Å². The second kappa shape index (κ2) is 9.15. The Labute approximate surface area is 134 Å². The fourth-order valence-corrected chi connectivity index (χ4v) is 3.03. The van der Waals surface area contributed by atoms with Crippen molar-refractivity contribution >= 4 is 0 Å². The first-order valence-corrected chi connectivity index (χ1v) is 8.05. The average Bonchev–Trinajstić information content (AvgIpc) is 2.42. The van der Waals surface area contributed by atoms with Crippen molar-refractivity contribution in [2.45, 2.75) is 57.7 Å². The molecular formula is C16H33NO5. The van der Waals surface area contributed by atoms with Crippen LogP contribution in [0.4, 0.5) is 0 Å². The van der Waals surface area contributed by atoms with Crippen molar-refractivity contribution in [2.24, 2.45) is 0 Å². The minimum Gasteiger partial charge on any atom is -0.382 e. The number of ether oxygens (including phenoxy) is 4. The second-order valence-corrected chi connectivity index (χ2v) is 7.06. The zero-order chi connectivity index (χ0) is 16.6. The molecule has 0 aromatic heterocycles. The van der Waals surface area contributed by atoms with Crippen molar-refractivity contribution in [3.05, 3.63) is 0 Å². The first kappa shape index (κ1) is 19.8. The van der Waals surface area contributed by atoms with Gasteiger partial charge in [-0.05, 0) is 40.5 Å². The highest BCUT2D eigenvalue weighted by molar-refractivity contribution is 4.96. The molecule has 22 heavy (non-hydrogen) atoms. The van der Waals surface area contributed by atoms with Crippen molar-refractivity contribution in [3.8, 4) is 0 Å². The summed E-state index contributed by atoms with van der Waals surface area (Å²) < 4.78 is 21.6. The normalized spacial score (nSPS) is 22.1. The summed E-state index contributed by atoms with van der Waals surface area (Å²) in [7, 11) is 1.65. The summed E-state index contributed by atoms with van der Waals surface area (Å²) in [5, 5.41) is 11.7. The van der Waals surface area contributed by atoms with Gasteiger partial charge in [-0.3, -0.25) is 0 Å². The quantitative estimate of drug-likeness (QED) is 0.622. The minimum absolute atomic E-state index is 0.148. The van der Waals surface area contributed by atoms with Crippen LogP contribution < -0.4 is 0 Å². The number of hydrogen-bond donors (Lipinski definition) is 1. The van der Waals surface area contributed by atoms with Gasteiger partial charge >= 0.3 is 0 Å². The van der Waals surface area contributed by atoms with E-state index in [1.54, 1.807) is 7.11 Å². The highest BCUT2D eigenvalue weighted by atomic mass is 16.6. The van der Waals surface area contributed by atoms with E-state index in [4.69, 9.17) is 18.9 Å². The van der Waals surface area contributed by atoms with Crippen LogP contribution in [0.25, 0.3) is 0 Å². The smallest absolute Gasteiger partial charge is 0.0704 e. The number of methoxy groups -OCH3 is 1. The Morgan fingerprint density at radius 1 is 0.864 bits per heavy atom. The molecule has 6 nitrogen and oxygen atoms in total. The van der Waals surface area contributed by atoms with Crippen LogP contribution >= 0.6 is 0 Å². The van der Waals surface area contributed by atoms with Gasteiger partial charge in [-0.15, -0.1) is 0 Å². The molecule has 1 N–H and O–H groups in total. The Hall–Kier alpha value is -0.240. The van der Waals surface area contributed by atoms with E-state index >= 15 is 0 Å². The highest BCUT2D eigenvalue weighted by Crippen LogP contribution is 2.37. The molecule has 1 fully saturated rings. The summed E-state index contributed by atoms with van der Waals surface area (Å²) in [5.41, 5.74) is -0.551. The summed E-state index contributed by atoms with van der Waals surface area (Å²) in [6.07, 6.45) is 1.77. The maximum absolute atomic E-state index is 10.2. The molecule has 1 rings (SSSR count). The third kappa shape index (κ3) is 6.48. The standard InChI is InChI=1S/C16H33NO5/c1-15(2)12-14(13-16(3,4)17(15)18)22-11-10-21-9-8-20-7-6-19-5/h14,18H,6-13H2,1-5H3. The van der Waals surface area contributed by atoms with Crippen molar-refractivity contribution in [1.29, 1.82) is 0 Å². The zero-order valence-electron chi connectivity index (χ0n) is 14.8. The molecule has 1 aliphatic heterocycles. The Morgan fingerprint density at radius 3 is 1.82 bits per heavy atom. The lowest BCUT2D eigenvalue weighted by Crippen LogP contribution is -2.60. The molecular weight excluding hydrogens is 286 g/mol. The van der Waals surface area contributed by atoms with Crippen molar-refractivity contribution in [2.75, 3.05) is 46.8 Å². The predicted molar refractivity (Wildman–Crippen MR) is 84.3 cm³/mol. The van der Waals surface area contributed by atoms with E-state index in [1.165, 1.54) is 5.06 Å². The van der Waals surface area contributed by atoms with Gasteiger partial charge in [-0.2, -0.15) is 5.06 Å². The van der Waals surface area contributed by atoms with Gasteiger partial charge in [0.1, 0.15) is 0 Å². The van der Waals surface area contributed by atoms with E-state index in [9.17, 15) is 5.21 Å². The molecule has 0 amide bonds. The van der Waals surface area contributed by atoms with Crippen LogP contribution in [0.15, 0.2) is 0 Å². The number of piperidine rings is 1. The van der Waals surface area contributed by atoms with Gasteiger partial charge in [0.05, 0.1) is 45.7 Å². The number of hydroxylamine groups is 2. The zero-order valence-corrected chi connectivity index (χ0v) is 14.8. The second-order valence-electron chi connectivity index (χ2n) is 7.06. The molecule has 0 spiro atoms. The van der Waals surface area contributed by atoms with Gasteiger partial charge in [-0.25, -0.2) is 0 Å². The summed E-state index contributed by atoms with van der Waals surface area (Å²) in [6.45, 7) is 11.6. The van der Waals surface area contributed by atoms with E-state index in [2.05, 4.69) is 0 Å². The monoisotopic (exact) mass is 319 g/mol. The summed E-state index contributed by atoms with van der Waals surface area (Å²) >= 11 is 0. The van der Waals surface area contributed by atoms with Gasteiger partial charge in [0.15, 0.2) is 0 Å². The fraction of sp³-hybridized carbons (Fsp3) is 1.00. The van der Waals surface area contributed by atoms with Gasteiger partial charge in [0, 0.05) is 18.2 Å². The first-order valence-electron chi connectivity index (χ1n) is 8.05. The Bertz CT molecular complexity index is 291. The maximum Gasteiger partial charge on any atom is 0.0704 e. The summed E-state index contributed by atoms with van der Waals surface area (Å²) in [4.78, 5) is 0. The minimum atomic E-state index is -0.275. The van der Waals surface area contributed by atoms with Crippen LogP contribution in [0.2, 0.25) is 0 Å². The van der Waals surface area contributed by atoms with Gasteiger partial charge in [0.2, 0.25) is 0 Å². The Morgan fingerprint density at radius 2 is 1.32 bits per heavy atom. The Balaban J connectivity index is 2.12. The molecule has 0 aromatic rings. The largest absolute Gasteiger partial charge is 0.382 e. The lowest BCUT2D eigenvalue weighted by atomic mass is 9.80. The molecule has 0 unspecified atom stereocenters. The van der Waals surface area contributed by atoms with Crippen molar-refractivity contribution in [3.63, 3.8) is 0 Å². The van der Waals surface area contributed by atoms with E-state index in [1.807, 2.05) is 27.7 Å². The molecule has 1 heterocycles. The lowest BCUT2D eigenvalue weighted by molar-refractivity contribution is -0.261. The molecule has 132 valence electrons. The van der Waals surface area contributed by atoms with E-state index in [0.29, 0.717) is 39.6 Å². The van der Waals surface area contributed by atoms with Crippen LogP contribution in [-0.4, -0.2) is 74.2 Å². The summed E-state index contributed by atoms with van der Waals surface area (Å²) in [5.74, 6) is 0. The molecule has 1 aliphatic rings. The number of rotatable bonds is 10. The Kier molecular flexibility index (Phi) is 8.24. The third-order valence-electron chi connectivity index (χ3n) is 3.99. The maximum atomic E-state index is 10.2. The van der Waals surface area contributed by atoms with Crippen molar-refractivity contribution < 1.29 is 24.2 Å². The van der Waals surface area contributed by atoms with Crippen molar-refractivity contribution in [1.82, 2.24) is 5.06 Å². The topological polar surface area (TPSA) is 60.4 Å². The third-order valence-corrected chi connectivity index (χ3v) is 3.99. The SMILES string of the molecule is COCCOCCOCCOC1CC(C)(C)N(O)C(C)(C)C1. The predicted octanol–water partition coefficient (Wildman–Crippen LogP) is 2.09. The molecule has 6 heteroatoms. The van der Waals surface area contributed by atoms with Gasteiger partial charge in [-0.1, -0.05) is 0 Å². The molecule has 0 saturated carbocycles. The molecule has 0 aromatic carbocycles. The molecule has 0 radical (unpaired) electrons. The summed E-state index contributed by atoms with van der Waals surface area (Å²) in [6, 6.07) is 0. The van der Waals surface area contributed by atoms with Crippen LogP contribution in [-0.2, 0) is 18.9 Å². The lowest BCUT2D eigenvalue weighted by Gasteiger charge is -2.51. The molecule has 0 bridgehead atoms. The number of hydrogen-bond acceptors (Lipinski definition) is 6. The number of nitrogens with zero attached hydrogens (tertiary/aromatic N) is 1. The molecule has 1 saturated heterocycles. The van der Waals surface area contributed by atoms with Crippen LogP contribution in [0.1, 0.15) is 40.5 Å². The molecule has 0 atom stereocenters. The van der Waals surface area contributed by atoms with E-state index in [-0.39, 0.29) is 17.2 Å². The first-order chi connectivity index (χ1) is 10.3. The molecule has 0 aliphatic carbocycles. The van der Waals surface area contributed by atoms with Crippen LogP contribution in [0.3, 0.4) is 0 Å². The van der Waals surface area contributed by atoms with E-state index in [0.717, 1.165) is 12.8 Å². The highest BCUT2D eigenvalue weighted by Gasteiger charge is 2.45. The van der Waals surface area contributed by atoms with Gasteiger partial charge < -0.3 is 24.2 Å².